The van der Waals surface area contributed by atoms with E-state index in [0.717, 1.165) is 10.9 Å². The molecule has 1 aromatic rings. The second-order valence-electron chi connectivity index (χ2n) is 4.08. The number of anilines is 1. The normalized spacial score (nSPS) is 12.2. The molecule has 0 bridgehead atoms. The Hall–Kier alpha value is -1.03. The number of nitrogen functional groups attached to an aromatic ring is 1. The lowest BCUT2D eigenvalue weighted by molar-refractivity contribution is 0.0700. The molecule has 4 heteroatoms. The van der Waals surface area contributed by atoms with Gasteiger partial charge in [-0.2, -0.15) is 0 Å². The Morgan fingerprint density at radius 3 is 2.59 bits per heavy atom. The minimum atomic E-state index is 0.0426. The molecule has 1 amide bonds. The Morgan fingerprint density at radius 1 is 1.47 bits per heavy atom. The highest BCUT2D eigenvalue weighted by Gasteiger charge is 2.19. The first-order chi connectivity index (χ1) is 8.01. The van der Waals surface area contributed by atoms with Gasteiger partial charge in [-0.05, 0) is 54.4 Å². The van der Waals surface area contributed by atoms with Gasteiger partial charge in [-0.3, -0.25) is 4.79 Å². The first-order valence-electron chi connectivity index (χ1n) is 5.87. The molecule has 1 rings (SSSR count). The van der Waals surface area contributed by atoms with Crippen LogP contribution in [0.3, 0.4) is 0 Å². The van der Waals surface area contributed by atoms with Crippen molar-refractivity contribution in [3.05, 3.63) is 28.2 Å². The number of carbonyl (C=O) groups is 1. The summed E-state index contributed by atoms with van der Waals surface area (Å²) in [6.45, 7) is 6.84. The van der Waals surface area contributed by atoms with Crippen molar-refractivity contribution in [2.24, 2.45) is 0 Å². The predicted molar refractivity (Wildman–Crippen MR) is 75.0 cm³/mol. The Kier molecular flexibility index (Phi) is 5.00. The molecule has 1 unspecified atom stereocenters. The van der Waals surface area contributed by atoms with Crippen molar-refractivity contribution in [2.75, 3.05) is 12.3 Å². The fourth-order valence-corrected chi connectivity index (χ4v) is 1.97. The second-order valence-corrected chi connectivity index (χ2v) is 4.94. The maximum absolute atomic E-state index is 12.3. The lowest BCUT2D eigenvalue weighted by Crippen LogP contribution is -2.38. The first-order valence-corrected chi connectivity index (χ1v) is 6.66. The van der Waals surface area contributed by atoms with Gasteiger partial charge in [-0.1, -0.05) is 6.92 Å². The summed E-state index contributed by atoms with van der Waals surface area (Å²) in [4.78, 5) is 14.2. The zero-order chi connectivity index (χ0) is 13.0. The highest BCUT2D eigenvalue weighted by Crippen LogP contribution is 2.21. The molecule has 0 saturated heterocycles. The number of hydrogen-bond donors (Lipinski definition) is 1. The van der Waals surface area contributed by atoms with E-state index in [9.17, 15) is 4.79 Å². The molecule has 0 aromatic heterocycles. The van der Waals surface area contributed by atoms with Crippen molar-refractivity contribution in [3.8, 4) is 0 Å². The summed E-state index contributed by atoms with van der Waals surface area (Å²) in [5.41, 5.74) is 7.03. The van der Waals surface area contributed by atoms with Gasteiger partial charge in [0.05, 0.1) is 0 Å². The van der Waals surface area contributed by atoms with Crippen LogP contribution in [0, 0.1) is 0 Å². The van der Waals surface area contributed by atoms with Crippen molar-refractivity contribution in [1.29, 1.82) is 0 Å². The molecule has 3 nitrogen and oxygen atoms in total. The standard InChI is InChI=1S/C13H19BrN2O/c1-4-9(3)16(5-2)13(17)10-6-7-11(14)12(15)8-10/h6-9H,4-5,15H2,1-3H3. The van der Waals surface area contributed by atoms with E-state index in [4.69, 9.17) is 5.73 Å². The van der Waals surface area contributed by atoms with Crippen molar-refractivity contribution >= 4 is 27.5 Å². The SMILES string of the molecule is CCC(C)N(CC)C(=O)c1ccc(Br)c(N)c1. The number of hydrogen-bond acceptors (Lipinski definition) is 2. The van der Waals surface area contributed by atoms with Crippen LogP contribution in [0.4, 0.5) is 5.69 Å². The fraction of sp³-hybridized carbons (Fsp3) is 0.462. The second kappa shape index (κ2) is 6.05. The fourth-order valence-electron chi connectivity index (χ4n) is 1.72. The van der Waals surface area contributed by atoms with Gasteiger partial charge < -0.3 is 10.6 Å². The average molecular weight is 299 g/mol. The van der Waals surface area contributed by atoms with Crippen molar-refractivity contribution in [3.63, 3.8) is 0 Å². The Labute approximate surface area is 111 Å². The predicted octanol–water partition coefficient (Wildman–Crippen LogP) is 3.29. The number of benzene rings is 1. The molecule has 1 aromatic carbocycles. The summed E-state index contributed by atoms with van der Waals surface area (Å²) < 4.78 is 0.820. The Bertz CT molecular complexity index is 406. The summed E-state index contributed by atoms with van der Waals surface area (Å²) in [5, 5.41) is 0. The van der Waals surface area contributed by atoms with E-state index < -0.39 is 0 Å². The molecule has 0 spiro atoms. The minimum Gasteiger partial charge on any atom is -0.398 e. The highest BCUT2D eigenvalue weighted by atomic mass is 79.9. The first kappa shape index (κ1) is 14.0. The van der Waals surface area contributed by atoms with Crippen LogP contribution in [-0.4, -0.2) is 23.4 Å². The van der Waals surface area contributed by atoms with E-state index in [0.29, 0.717) is 17.8 Å². The number of nitrogens with two attached hydrogens (primary N) is 1. The molecule has 17 heavy (non-hydrogen) atoms. The van der Waals surface area contributed by atoms with Gasteiger partial charge in [-0.25, -0.2) is 0 Å². The van der Waals surface area contributed by atoms with Crippen LogP contribution < -0.4 is 5.73 Å². The molecule has 0 aliphatic carbocycles. The van der Waals surface area contributed by atoms with E-state index in [1.807, 2.05) is 17.9 Å². The van der Waals surface area contributed by atoms with E-state index in [2.05, 4.69) is 29.8 Å². The van der Waals surface area contributed by atoms with E-state index in [1.165, 1.54) is 0 Å². The van der Waals surface area contributed by atoms with Crippen molar-refractivity contribution in [2.45, 2.75) is 33.2 Å². The number of nitrogens with zero attached hydrogens (tertiary/aromatic N) is 1. The largest absolute Gasteiger partial charge is 0.398 e. The van der Waals surface area contributed by atoms with Gasteiger partial charge in [-0.15, -0.1) is 0 Å². The number of rotatable bonds is 4. The maximum Gasteiger partial charge on any atom is 0.254 e. The number of amides is 1. The summed E-state index contributed by atoms with van der Waals surface area (Å²) >= 11 is 3.33. The lowest BCUT2D eigenvalue weighted by Gasteiger charge is -2.27. The summed E-state index contributed by atoms with van der Waals surface area (Å²) in [5.74, 6) is 0.0426. The average Bonchev–Trinajstić information content (AvgIpc) is 2.33. The minimum absolute atomic E-state index is 0.0426. The molecule has 0 radical (unpaired) electrons. The summed E-state index contributed by atoms with van der Waals surface area (Å²) in [6, 6.07) is 5.58. The van der Waals surface area contributed by atoms with Crippen LogP contribution in [-0.2, 0) is 0 Å². The molecular formula is C13H19BrN2O. The van der Waals surface area contributed by atoms with Gasteiger partial charge in [0.15, 0.2) is 0 Å². The van der Waals surface area contributed by atoms with Crippen molar-refractivity contribution < 1.29 is 4.79 Å². The van der Waals surface area contributed by atoms with E-state index in [-0.39, 0.29) is 11.9 Å². The topological polar surface area (TPSA) is 46.3 Å². The number of carbonyl (C=O) groups excluding carboxylic acids is 1. The molecule has 94 valence electrons. The molecular weight excluding hydrogens is 280 g/mol. The van der Waals surface area contributed by atoms with Gasteiger partial charge >= 0.3 is 0 Å². The van der Waals surface area contributed by atoms with Crippen LogP contribution in [0.2, 0.25) is 0 Å². The van der Waals surface area contributed by atoms with Gasteiger partial charge in [0.2, 0.25) is 0 Å². The number of halogens is 1. The zero-order valence-electron chi connectivity index (χ0n) is 10.5. The maximum atomic E-state index is 12.3. The molecule has 0 fully saturated rings. The molecule has 2 N–H and O–H groups in total. The van der Waals surface area contributed by atoms with Crippen LogP contribution in [0.5, 0.6) is 0 Å². The molecule has 0 saturated carbocycles. The Balaban J connectivity index is 2.98. The van der Waals surface area contributed by atoms with Crippen LogP contribution in [0.15, 0.2) is 22.7 Å². The summed E-state index contributed by atoms with van der Waals surface area (Å²) in [7, 11) is 0. The molecule has 0 aliphatic heterocycles. The third-order valence-electron chi connectivity index (χ3n) is 2.97. The Morgan fingerprint density at radius 2 is 2.12 bits per heavy atom. The molecule has 0 heterocycles. The van der Waals surface area contributed by atoms with E-state index >= 15 is 0 Å². The zero-order valence-corrected chi connectivity index (χ0v) is 12.1. The van der Waals surface area contributed by atoms with E-state index in [1.54, 1.807) is 12.1 Å². The van der Waals surface area contributed by atoms with Crippen molar-refractivity contribution in [1.82, 2.24) is 4.90 Å². The van der Waals surface area contributed by atoms with Gasteiger partial charge in [0.25, 0.3) is 5.91 Å². The summed E-state index contributed by atoms with van der Waals surface area (Å²) in [6.07, 6.45) is 0.950. The van der Waals surface area contributed by atoms with Crippen LogP contribution in [0.25, 0.3) is 0 Å². The third-order valence-corrected chi connectivity index (χ3v) is 3.69. The van der Waals surface area contributed by atoms with Crippen LogP contribution in [0.1, 0.15) is 37.6 Å². The highest BCUT2D eigenvalue weighted by molar-refractivity contribution is 9.10. The molecule has 0 aliphatic rings. The van der Waals surface area contributed by atoms with Gasteiger partial charge in [0.1, 0.15) is 0 Å². The molecule has 1 atom stereocenters. The van der Waals surface area contributed by atoms with Gasteiger partial charge in [0, 0.05) is 28.3 Å². The monoisotopic (exact) mass is 298 g/mol. The quantitative estimate of drug-likeness (QED) is 0.867. The lowest BCUT2D eigenvalue weighted by atomic mass is 10.1. The van der Waals surface area contributed by atoms with Crippen LogP contribution >= 0.6 is 15.9 Å². The third kappa shape index (κ3) is 3.22. The smallest absolute Gasteiger partial charge is 0.254 e.